The van der Waals surface area contributed by atoms with Crippen LogP contribution in [-0.4, -0.2) is 23.0 Å². The lowest BCUT2D eigenvalue weighted by Crippen LogP contribution is -2.14. The Balaban J connectivity index is 2.25. The lowest BCUT2D eigenvalue weighted by atomic mass is 10.2. The molecule has 1 aromatic carbocycles. The molecule has 19 heavy (non-hydrogen) atoms. The topological polar surface area (TPSA) is 64.1 Å². The SMILES string of the molecule is COc1ccc(Br)c(C(=O)Nc2cncc(Cl)n2)c1. The molecule has 1 heterocycles. The monoisotopic (exact) mass is 341 g/mol. The maximum Gasteiger partial charge on any atom is 0.258 e. The van der Waals surface area contributed by atoms with Crippen molar-refractivity contribution in [3.05, 3.63) is 45.8 Å². The molecular formula is C12H9BrClN3O2. The number of aromatic nitrogens is 2. The van der Waals surface area contributed by atoms with Crippen molar-refractivity contribution in [3.8, 4) is 5.75 Å². The Morgan fingerprint density at radius 2 is 2.21 bits per heavy atom. The second-order valence-electron chi connectivity index (χ2n) is 3.53. The summed E-state index contributed by atoms with van der Waals surface area (Å²) in [6, 6.07) is 5.11. The first kappa shape index (κ1) is 13.8. The highest BCUT2D eigenvalue weighted by Gasteiger charge is 2.12. The fourth-order valence-corrected chi connectivity index (χ4v) is 1.97. The minimum Gasteiger partial charge on any atom is -0.497 e. The molecule has 1 aromatic heterocycles. The fourth-order valence-electron chi connectivity index (χ4n) is 1.39. The lowest BCUT2D eigenvalue weighted by molar-refractivity contribution is 0.102. The van der Waals surface area contributed by atoms with E-state index in [1.54, 1.807) is 18.2 Å². The number of carbonyl (C=O) groups is 1. The van der Waals surface area contributed by atoms with Crippen molar-refractivity contribution >= 4 is 39.3 Å². The Morgan fingerprint density at radius 3 is 2.89 bits per heavy atom. The van der Waals surface area contributed by atoms with Gasteiger partial charge in [-0.15, -0.1) is 0 Å². The van der Waals surface area contributed by atoms with Gasteiger partial charge in [0, 0.05) is 4.47 Å². The normalized spacial score (nSPS) is 10.1. The van der Waals surface area contributed by atoms with Gasteiger partial charge in [0.2, 0.25) is 0 Å². The Kier molecular flexibility index (Phi) is 4.34. The molecule has 0 spiro atoms. The highest BCUT2D eigenvalue weighted by Crippen LogP contribution is 2.23. The largest absolute Gasteiger partial charge is 0.497 e. The van der Waals surface area contributed by atoms with E-state index in [1.165, 1.54) is 19.5 Å². The van der Waals surface area contributed by atoms with Crippen LogP contribution in [0, 0.1) is 0 Å². The molecular weight excluding hydrogens is 334 g/mol. The average molecular weight is 343 g/mol. The Hall–Kier alpha value is -1.66. The number of benzene rings is 1. The van der Waals surface area contributed by atoms with Crippen molar-refractivity contribution in [1.29, 1.82) is 0 Å². The van der Waals surface area contributed by atoms with E-state index in [1.807, 2.05) is 0 Å². The number of methoxy groups -OCH3 is 1. The van der Waals surface area contributed by atoms with E-state index in [-0.39, 0.29) is 16.9 Å². The Morgan fingerprint density at radius 1 is 1.42 bits per heavy atom. The molecule has 5 nitrogen and oxygen atoms in total. The highest BCUT2D eigenvalue weighted by molar-refractivity contribution is 9.10. The molecule has 0 aliphatic rings. The minimum absolute atomic E-state index is 0.211. The molecule has 2 rings (SSSR count). The van der Waals surface area contributed by atoms with Gasteiger partial charge in [0.1, 0.15) is 10.9 Å². The minimum atomic E-state index is -0.331. The summed E-state index contributed by atoms with van der Waals surface area (Å²) in [5, 5.41) is 2.82. The van der Waals surface area contributed by atoms with Crippen LogP contribution in [-0.2, 0) is 0 Å². The smallest absolute Gasteiger partial charge is 0.258 e. The fraction of sp³-hybridized carbons (Fsp3) is 0.0833. The van der Waals surface area contributed by atoms with Gasteiger partial charge in [0.05, 0.1) is 25.1 Å². The molecule has 0 unspecified atom stereocenters. The number of anilines is 1. The first-order chi connectivity index (χ1) is 9.10. The number of ether oxygens (including phenoxy) is 1. The Labute approximate surface area is 123 Å². The molecule has 1 amide bonds. The van der Waals surface area contributed by atoms with Crippen molar-refractivity contribution in [2.75, 3.05) is 12.4 Å². The van der Waals surface area contributed by atoms with E-state index in [9.17, 15) is 4.79 Å². The second-order valence-corrected chi connectivity index (χ2v) is 4.77. The van der Waals surface area contributed by atoms with E-state index in [4.69, 9.17) is 16.3 Å². The quantitative estimate of drug-likeness (QED) is 0.930. The zero-order valence-electron chi connectivity index (χ0n) is 9.85. The van der Waals surface area contributed by atoms with Crippen molar-refractivity contribution in [3.63, 3.8) is 0 Å². The number of nitrogens with zero attached hydrogens (tertiary/aromatic N) is 2. The lowest BCUT2D eigenvalue weighted by Gasteiger charge is -2.08. The molecule has 0 bridgehead atoms. The van der Waals surface area contributed by atoms with Crippen LogP contribution in [0.2, 0.25) is 5.15 Å². The van der Waals surface area contributed by atoms with Crippen molar-refractivity contribution in [1.82, 2.24) is 9.97 Å². The van der Waals surface area contributed by atoms with Crippen molar-refractivity contribution in [2.24, 2.45) is 0 Å². The number of hydrogen-bond donors (Lipinski definition) is 1. The van der Waals surface area contributed by atoms with Gasteiger partial charge < -0.3 is 10.1 Å². The molecule has 0 aliphatic heterocycles. The molecule has 0 radical (unpaired) electrons. The van der Waals surface area contributed by atoms with Crippen LogP contribution in [0.15, 0.2) is 35.1 Å². The molecule has 1 N–H and O–H groups in total. The van der Waals surface area contributed by atoms with E-state index in [0.717, 1.165) is 0 Å². The number of halogens is 2. The number of amides is 1. The zero-order valence-corrected chi connectivity index (χ0v) is 12.2. The molecule has 2 aromatic rings. The molecule has 0 aliphatic carbocycles. The third-order valence-corrected chi connectivity index (χ3v) is 3.14. The molecule has 7 heteroatoms. The summed E-state index contributed by atoms with van der Waals surface area (Å²) < 4.78 is 5.73. The summed E-state index contributed by atoms with van der Waals surface area (Å²) in [5.74, 6) is 0.542. The third-order valence-electron chi connectivity index (χ3n) is 2.26. The van der Waals surface area contributed by atoms with E-state index >= 15 is 0 Å². The van der Waals surface area contributed by atoms with Gasteiger partial charge in [-0.05, 0) is 34.1 Å². The van der Waals surface area contributed by atoms with Gasteiger partial charge in [-0.3, -0.25) is 9.78 Å². The van der Waals surface area contributed by atoms with Gasteiger partial charge in [-0.25, -0.2) is 4.98 Å². The van der Waals surface area contributed by atoms with Crippen molar-refractivity contribution in [2.45, 2.75) is 0 Å². The maximum absolute atomic E-state index is 12.1. The number of carbonyl (C=O) groups excluding carboxylic acids is 1. The van der Waals surface area contributed by atoms with Crippen LogP contribution in [0.1, 0.15) is 10.4 Å². The number of rotatable bonds is 3. The van der Waals surface area contributed by atoms with E-state index in [2.05, 4.69) is 31.2 Å². The van der Waals surface area contributed by atoms with Crippen LogP contribution in [0.3, 0.4) is 0 Å². The first-order valence-electron chi connectivity index (χ1n) is 5.22. The summed E-state index contributed by atoms with van der Waals surface area (Å²) in [6.07, 6.45) is 2.80. The average Bonchev–Trinajstić information content (AvgIpc) is 2.39. The van der Waals surface area contributed by atoms with Crippen LogP contribution >= 0.6 is 27.5 Å². The van der Waals surface area contributed by atoms with Gasteiger partial charge in [-0.2, -0.15) is 0 Å². The van der Waals surface area contributed by atoms with Crippen LogP contribution in [0.4, 0.5) is 5.82 Å². The second kappa shape index (κ2) is 5.99. The first-order valence-corrected chi connectivity index (χ1v) is 6.39. The summed E-state index contributed by atoms with van der Waals surface area (Å²) >= 11 is 9.01. The number of hydrogen-bond acceptors (Lipinski definition) is 4. The molecule has 98 valence electrons. The van der Waals surface area contributed by atoms with Crippen LogP contribution in [0.25, 0.3) is 0 Å². The van der Waals surface area contributed by atoms with E-state index < -0.39 is 0 Å². The highest BCUT2D eigenvalue weighted by atomic mass is 79.9. The van der Waals surface area contributed by atoms with Crippen LogP contribution in [0.5, 0.6) is 5.75 Å². The van der Waals surface area contributed by atoms with Gasteiger partial charge >= 0.3 is 0 Å². The molecule has 0 saturated heterocycles. The summed E-state index contributed by atoms with van der Waals surface area (Å²) in [4.78, 5) is 19.9. The maximum atomic E-state index is 12.1. The van der Waals surface area contributed by atoms with E-state index in [0.29, 0.717) is 15.8 Å². The van der Waals surface area contributed by atoms with Gasteiger partial charge in [0.25, 0.3) is 5.91 Å². The molecule has 0 atom stereocenters. The summed E-state index contributed by atoms with van der Waals surface area (Å²) in [5.41, 5.74) is 0.432. The van der Waals surface area contributed by atoms with Gasteiger partial charge in [0.15, 0.2) is 5.82 Å². The predicted octanol–water partition coefficient (Wildman–Crippen LogP) is 3.15. The predicted molar refractivity (Wildman–Crippen MR) is 75.7 cm³/mol. The third kappa shape index (κ3) is 3.42. The van der Waals surface area contributed by atoms with Crippen LogP contribution < -0.4 is 10.1 Å². The summed E-state index contributed by atoms with van der Waals surface area (Å²) in [7, 11) is 1.54. The Bertz CT molecular complexity index is 622. The number of nitrogens with one attached hydrogen (secondary N) is 1. The molecule has 0 fully saturated rings. The van der Waals surface area contributed by atoms with Gasteiger partial charge in [-0.1, -0.05) is 11.6 Å². The molecule has 0 saturated carbocycles. The van der Waals surface area contributed by atoms with Crippen molar-refractivity contribution < 1.29 is 9.53 Å². The zero-order chi connectivity index (χ0) is 13.8. The standard InChI is InChI=1S/C12H9BrClN3O2/c1-19-7-2-3-9(13)8(4-7)12(18)17-11-6-15-5-10(14)16-11/h2-6H,1H3,(H,16,17,18). The summed E-state index contributed by atoms with van der Waals surface area (Å²) in [6.45, 7) is 0.